The molecule has 0 unspecified atom stereocenters. The largest absolute Gasteiger partial charge is 0.307 e. The number of benzene rings is 2. The van der Waals surface area contributed by atoms with Gasteiger partial charge in [0.25, 0.3) is 0 Å². The molecule has 0 N–H and O–H groups in total. The number of hydrogen-bond donors (Lipinski definition) is 0. The van der Waals surface area contributed by atoms with Crippen molar-refractivity contribution in [3.63, 3.8) is 0 Å². The highest BCUT2D eigenvalue weighted by Crippen LogP contribution is 2.40. The summed E-state index contributed by atoms with van der Waals surface area (Å²) >= 11 is 1.82. The third-order valence-corrected chi connectivity index (χ3v) is 8.07. The third-order valence-electron chi connectivity index (χ3n) is 6.94. The second kappa shape index (κ2) is 8.30. The van der Waals surface area contributed by atoms with Crippen LogP contribution in [0, 0.1) is 0 Å². The van der Waals surface area contributed by atoms with Crippen molar-refractivity contribution in [3.05, 3.63) is 116 Å². The molecule has 8 aromatic rings. The Kier molecular flexibility index (Phi) is 4.62. The van der Waals surface area contributed by atoms with E-state index in [9.17, 15) is 0 Å². The van der Waals surface area contributed by atoms with E-state index >= 15 is 0 Å². The Labute approximate surface area is 221 Å². The molecule has 0 bridgehead atoms. The van der Waals surface area contributed by atoms with Gasteiger partial charge in [-0.3, -0.25) is 15.0 Å². The van der Waals surface area contributed by atoms with Gasteiger partial charge >= 0.3 is 0 Å². The zero-order valence-corrected chi connectivity index (χ0v) is 20.9. The molecule has 178 valence electrons. The Balaban J connectivity index is 1.48. The molecule has 0 fully saturated rings. The van der Waals surface area contributed by atoms with Gasteiger partial charge in [-0.1, -0.05) is 30.3 Å². The van der Waals surface area contributed by atoms with Crippen LogP contribution in [0.25, 0.3) is 70.6 Å². The fraction of sp³-hybridized carbons (Fsp3) is 0. The van der Waals surface area contributed by atoms with E-state index in [-0.39, 0.29) is 0 Å². The predicted molar refractivity (Wildman–Crippen MR) is 156 cm³/mol. The number of fused-ring (bicyclic) bond motifs is 6. The number of thiophene rings is 1. The van der Waals surface area contributed by atoms with Crippen molar-refractivity contribution in [2.24, 2.45) is 0 Å². The third kappa shape index (κ3) is 3.24. The molecular weight excluding hydrogens is 486 g/mol. The summed E-state index contributed by atoms with van der Waals surface area (Å²) in [4.78, 5) is 19.0. The fourth-order valence-corrected chi connectivity index (χ4v) is 6.39. The smallest absolute Gasteiger partial charge is 0.0963 e. The molecule has 5 nitrogen and oxygen atoms in total. The number of nitrogens with zero attached hydrogens (tertiary/aromatic N) is 5. The SMILES string of the molecule is c1ccc(-c2cc(-n3c4cc5sc6ccccc6c5cc4c4ncccc43)cc(-c3ccccn3)n2)nc1. The van der Waals surface area contributed by atoms with Gasteiger partial charge in [-0.25, -0.2) is 4.98 Å². The van der Waals surface area contributed by atoms with Gasteiger partial charge in [0.05, 0.1) is 45.0 Å². The molecule has 0 saturated heterocycles. The average Bonchev–Trinajstić information content (AvgIpc) is 3.51. The first-order valence-electron chi connectivity index (χ1n) is 12.4. The number of pyridine rings is 4. The summed E-state index contributed by atoms with van der Waals surface area (Å²) in [5, 5.41) is 3.68. The quantitative estimate of drug-likeness (QED) is 0.244. The van der Waals surface area contributed by atoms with E-state index in [1.165, 1.54) is 20.2 Å². The van der Waals surface area contributed by atoms with Gasteiger partial charge in [-0.05, 0) is 66.7 Å². The van der Waals surface area contributed by atoms with Crippen LogP contribution < -0.4 is 0 Å². The van der Waals surface area contributed by atoms with Crippen molar-refractivity contribution in [2.45, 2.75) is 0 Å². The van der Waals surface area contributed by atoms with E-state index in [1.54, 1.807) is 12.4 Å². The molecule has 0 spiro atoms. The lowest BCUT2D eigenvalue weighted by Gasteiger charge is -2.12. The summed E-state index contributed by atoms with van der Waals surface area (Å²) in [5.74, 6) is 0. The Morgan fingerprint density at radius 1 is 0.500 bits per heavy atom. The maximum Gasteiger partial charge on any atom is 0.0963 e. The second-order valence-electron chi connectivity index (χ2n) is 9.20. The van der Waals surface area contributed by atoms with Gasteiger partial charge in [0, 0.05) is 44.1 Å². The normalized spacial score (nSPS) is 11.7. The standard InChI is InChI=1S/C32H19N5S/c1-2-12-30-21(8-1)22-18-23-29(19-31(22)38-30)37(28-11-7-15-35-32(23)28)20-16-26(24-9-3-5-13-33-24)36-27(17-20)25-10-4-6-14-34-25/h1-19H. The number of aromatic nitrogens is 5. The van der Waals surface area contributed by atoms with Gasteiger partial charge in [-0.2, -0.15) is 0 Å². The summed E-state index contributed by atoms with van der Waals surface area (Å²) in [6.45, 7) is 0. The first-order chi connectivity index (χ1) is 18.8. The second-order valence-corrected chi connectivity index (χ2v) is 10.3. The highest BCUT2D eigenvalue weighted by Gasteiger charge is 2.18. The molecule has 0 atom stereocenters. The molecule has 2 aromatic carbocycles. The van der Waals surface area contributed by atoms with Crippen LogP contribution in [0.3, 0.4) is 0 Å². The Hall–Kier alpha value is -4.94. The summed E-state index contributed by atoms with van der Waals surface area (Å²) in [6, 6.07) is 33.3. The topological polar surface area (TPSA) is 56.5 Å². The lowest BCUT2D eigenvalue weighted by molar-refractivity contribution is 1.14. The molecule has 0 aliphatic heterocycles. The van der Waals surface area contributed by atoms with Crippen LogP contribution in [0.5, 0.6) is 0 Å². The molecule has 38 heavy (non-hydrogen) atoms. The molecule has 0 radical (unpaired) electrons. The lowest BCUT2D eigenvalue weighted by atomic mass is 10.1. The van der Waals surface area contributed by atoms with Gasteiger partial charge in [-0.15, -0.1) is 11.3 Å². The monoisotopic (exact) mass is 505 g/mol. The fourth-order valence-electron chi connectivity index (χ4n) is 5.26. The first kappa shape index (κ1) is 21.2. The summed E-state index contributed by atoms with van der Waals surface area (Å²) in [7, 11) is 0. The zero-order chi connectivity index (χ0) is 25.1. The van der Waals surface area contributed by atoms with Crippen molar-refractivity contribution >= 4 is 53.4 Å². The van der Waals surface area contributed by atoms with Crippen molar-refractivity contribution in [2.75, 3.05) is 0 Å². The minimum absolute atomic E-state index is 0.797. The van der Waals surface area contributed by atoms with Crippen LogP contribution in [0.15, 0.2) is 116 Å². The van der Waals surface area contributed by atoms with E-state index in [1.807, 2.05) is 60.0 Å². The summed E-state index contributed by atoms with van der Waals surface area (Å²) in [6.07, 6.45) is 5.46. The van der Waals surface area contributed by atoms with E-state index < -0.39 is 0 Å². The van der Waals surface area contributed by atoms with Crippen LogP contribution in [0.4, 0.5) is 0 Å². The molecular formula is C32H19N5S. The molecule has 6 aromatic heterocycles. The Bertz CT molecular complexity index is 2070. The van der Waals surface area contributed by atoms with Crippen LogP contribution in [-0.2, 0) is 0 Å². The minimum atomic E-state index is 0.797. The molecule has 0 aliphatic rings. The van der Waals surface area contributed by atoms with Crippen LogP contribution in [0.1, 0.15) is 0 Å². The maximum absolute atomic E-state index is 4.97. The van der Waals surface area contributed by atoms with Crippen LogP contribution in [0.2, 0.25) is 0 Å². The van der Waals surface area contributed by atoms with Crippen LogP contribution >= 0.6 is 11.3 Å². The van der Waals surface area contributed by atoms with Gasteiger partial charge in [0.1, 0.15) is 0 Å². The van der Waals surface area contributed by atoms with Gasteiger partial charge < -0.3 is 4.57 Å². The van der Waals surface area contributed by atoms with Crippen molar-refractivity contribution in [3.8, 4) is 28.5 Å². The zero-order valence-electron chi connectivity index (χ0n) is 20.1. The molecule has 0 aliphatic carbocycles. The molecule has 6 heteroatoms. The predicted octanol–water partition coefficient (Wildman–Crippen LogP) is 8.07. The summed E-state index contributed by atoms with van der Waals surface area (Å²) < 4.78 is 4.84. The van der Waals surface area contributed by atoms with Crippen molar-refractivity contribution in [1.82, 2.24) is 24.5 Å². The van der Waals surface area contributed by atoms with Crippen molar-refractivity contribution < 1.29 is 0 Å². The summed E-state index contributed by atoms with van der Waals surface area (Å²) in [5.41, 5.74) is 7.37. The first-order valence-corrected chi connectivity index (χ1v) is 13.2. The molecule has 0 amide bonds. The van der Waals surface area contributed by atoms with Crippen LogP contribution in [-0.4, -0.2) is 24.5 Å². The van der Waals surface area contributed by atoms with E-state index in [0.717, 1.165) is 50.4 Å². The van der Waals surface area contributed by atoms with Gasteiger partial charge in [0.15, 0.2) is 0 Å². The van der Waals surface area contributed by atoms with Gasteiger partial charge in [0.2, 0.25) is 0 Å². The lowest BCUT2D eigenvalue weighted by Crippen LogP contribution is -1.99. The van der Waals surface area contributed by atoms with E-state index in [0.29, 0.717) is 0 Å². The Morgan fingerprint density at radius 3 is 1.95 bits per heavy atom. The van der Waals surface area contributed by atoms with E-state index in [4.69, 9.17) is 9.97 Å². The number of rotatable bonds is 3. The maximum atomic E-state index is 4.97. The number of hydrogen-bond acceptors (Lipinski definition) is 5. The highest BCUT2D eigenvalue weighted by atomic mass is 32.1. The van der Waals surface area contributed by atoms with Crippen molar-refractivity contribution in [1.29, 1.82) is 0 Å². The molecule has 8 rings (SSSR count). The molecule has 6 heterocycles. The average molecular weight is 506 g/mol. The highest BCUT2D eigenvalue weighted by molar-refractivity contribution is 7.25. The Morgan fingerprint density at radius 2 is 1.21 bits per heavy atom. The molecule has 0 saturated carbocycles. The minimum Gasteiger partial charge on any atom is -0.307 e. The van der Waals surface area contributed by atoms with E-state index in [2.05, 4.69) is 69.1 Å².